The summed E-state index contributed by atoms with van der Waals surface area (Å²) in [6.45, 7) is 12.6. The van der Waals surface area contributed by atoms with Gasteiger partial charge in [0.05, 0.1) is 12.2 Å². The van der Waals surface area contributed by atoms with Crippen molar-refractivity contribution in [1.29, 1.82) is 0 Å². The van der Waals surface area contributed by atoms with E-state index in [1.807, 2.05) is 20.8 Å². The summed E-state index contributed by atoms with van der Waals surface area (Å²) in [5, 5.41) is 9.97. The zero-order chi connectivity index (χ0) is 11.6. The third kappa shape index (κ3) is 4.43. The molecule has 86 valence electrons. The average molecular weight is 202 g/mol. The highest BCUT2D eigenvalue weighted by Crippen LogP contribution is 2.30. The lowest BCUT2D eigenvalue weighted by molar-refractivity contribution is -0.0458. The molecule has 2 heteroatoms. The number of ether oxygens (including phenoxy) is 1. The quantitative estimate of drug-likeness (QED) is 0.762. The van der Waals surface area contributed by atoms with Gasteiger partial charge >= 0.3 is 0 Å². The molecule has 0 bridgehead atoms. The second-order valence-corrected chi connectivity index (χ2v) is 6.21. The first-order valence-corrected chi connectivity index (χ1v) is 5.30. The van der Waals surface area contributed by atoms with Crippen LogP contribution in [-0.2, 0) is 4.74 Å². The lowest BCUT2D eigenvalue weighted by atomic mass is 9.79. The summed E-state index contributed by atoms with van der Waals surface area (Å²) in [5.74, 6) is 0. The summed E-state index contributed by atoms with van der Waals surface area (Å²) >= 11 is 0. The Morgan fingerprint density at radius 2 is 1.43 bits per heavy atom. The highest BCUT2D eigenvalue weighted by atomic mass is 16.5. The van der Waals surface area contributed by atoms with E-state index in [4.69, 9.17) is 4.74 Å². The topological polar surface area (TPSA) is 29.5 Å². The zero-order valence-electron chi connectivity index (χ0n) is 10.7. The van der Waals surface area contributed by atoms with Gasteiger partial charge in [-0.3, -0.25) is 0 Å². The van der Waals surface area contributed by atoms with Crippen molar-refractivity contribution in [3.05, 3.63) is 0 Å². The fourth-order valence-electron chi connectivity index (χ4n) is 1.36. The molecule has 2 unspecified atom stereocenters. The Balaban J connectivity index is 4.34. The SMILES string of the molecule is COC(CC(O)C(C)(C)C)C(C)(C)C. The summed E-state index contributed by atoms with van der Waals surface area (Å²) in [6.07, 6.45) is 0.493. The Morgan fingerprint density at radius 1 is 1.00 bits per heavy atom. The van der Waals surface area contributed by atoms with Crippen molar-refractivity contribution in [2.24, 2.45) is 10.8 Å². The summed E-state index contributed by atoms with van der Waals surface area (Å²) in [4.78, 5) is 0. The van der Waals surface area contributed by atoms with Crippen molar-refractivity contribution in [2.45, 2.75) is 60.2 Å². The molecule has 0 radical (unpaired) electrons. The van der Waals surface area contributed by atoms with Gasteiger partial charge < -0.3 is 9.84 Å². The van der Waals surface area contributed by atoms with Crippen LogP contribution in [0, 0.1) is 10.8 Å². The zero-order valence-corrected chi connectivity index (χ0v) is 10.7. The van der Waals surface area contributed by atoms with Gasteiger partial charge in [0.2, 0.25) is 0 Å². The maximum Gasteiger partial charge on any atom is 0.0644 e. The van der Waals surface area contributed by atoms with Crippen LogP contribution >= 0.6 is 0 Å². The number of rotatable bonds is 3. The largest absolute Gasteiger partial charge is 0.392 e. The molecular weight excluding hydrogens is 176 g/mol. The maximum absolute atomic E-state index is 9.97. The van der Waals surface area contributed by atoms with Crippen LogP contribution in [0.15, 0.2) is 0 Å². The molecule has 0 saturated heterocycles. The molecule has 0 spiro atoms. The monoisotopic (exact) mass is 202 g/mol. The van der Waals surface area contributed by atoms with Crippen LogP contribution in [0.2, 0.25) is 0 Å². The summed E-state index contributed by atoms with van der Waals surface area (Å²) in [5.41, 5.74) is 0.0169. The van der Waals surface area contributed by atoms with Crippen molar-refractivity contribution >= 4 is 0 Å². The second-order valence-electron chi connectivity index (χ2n) is 6.21. The number of aliphatic hydroxyl groups excluding tert-OH is 1. The molecule has 0 rings (SSSR count). The molecule has 0 saturated carbocycles. The van der Waals surface area contributed by atoms with Crippen molar-refractivity contribution in [3.63, 3.8) is 0 Å². The van der Waals surface area contributed by atoms with Gasteiger partial charge in [-0.2, -0.15) is 0 Å². The van der Waals surface area contributed by atoms with Crippen LogP contribution in [-0.4, -0.2) is 24.4 Å². The molecule has 0 aliphatic carbocycles. The molecule has 2 atom stereocenters. The van der Waals surface area contributed by atoms with E-state index >= 15 is 0 Å². The molecular formula is C12H26O2. The van der Waals surface area contributed by atoms with Gasteiger partial charge in [-0.05, 0) is 10.8 Å². The molecule has 0 amide bonds. The van der Waals surface area contributed by atoms with E-state index in [-0.39, 0.29) is 23.0 Å². The summed E-state index contributed by atoms with van der Waals surface area (Å²) in [7, 11) is 1.71. The molecule has 0 aromatic rings. The van der Waals surface area contributed by atoms with Gasteiger partial charge in [-0.1, -0.05) is 41.5 Å². The minimum Gasteiger partial charge on any atom is -0.392 e. The second kappa shape index (κ2) is 4.63. The number of hydrogen-bond acceptors (Lipinski definition) is 2. The lowest BCUT2D eigenvalue weighted by Gasteiger charge is -2.35. The Hall–Kier alpha value is -0.0800. The summed E-state index contributed by atoms with van der Waals surface area (Å²) in [6, 6.07) is 0. The standard InChI is InChI=1S/C12H26O2/c1-11(2,3)9(13)8-10(14-7)12(4,5)6/h9-10,13H,8H2,1-7H3. The smallest absolute Gasteiger partial charge is 0.0644 e. The Labute approximate surface area is 88.7 Å². The maximum atomic E-state index is 9.97. The van der Waals surface area contributed by atoms with Crippen molar-refractivity contribution < 1.29 is 9.84 Å². The Morgan fingerprint density at radius 3 is 1.64 bits per heavy atom. The van der Waals surface area contributed by atoms with E-state index in [0.29, 0.717) is 6.42 Å². The van der Waals surface area contributed by atoms with Crippen molar-refractivity contribution in [1.82, 2.24) is 0 Å². The number of hydrogen-bond donors (Lipinski definition) is 1. The van der Waals surface area contributed by atoms with E-state index in [1.54, 1.807) is 7.11 Å². The van der Waals surface area contributed by atoms with Gasteiger partial charge in [0, 0.05) is 13.5 Å². The van der Waals surface area contributed by atoms with Gasteiger partial charge in [-0.25, -0.2) is 0 Å². The third-order valence-corrected chi connectivity index (χ3v) is 2.69. The molecule has 14 heavy (non-hydrogen) atoms. The lowest BCUT2D eigenvalue weighted by Crippen LogP contribution is -2.37. The first-order valence-electron chi connectivity index (χ1n) is 5.30. The van der Waals surface area contributed by atoms with Gasteiger partial charge in [0.25, 0.3) is 0 Å². The fraction of sp³-hybridized carbons (Fsp3) is 1.00. The number of aliphatic hydroxyl groups is 1. The molecule has 0 aromatic heterocycles. The molecule has 0 heterocycles. The minimum atomic E-state index is -0.313. The van der Waals surface area contributed by atoms with Crippen LogP contribution in [0.4, 0.5) is 0 Å². The van der Waals surface area contributed by atoms with Gasteiger partial charge in [0.15, 0.2) is 0 Å². The Kier molecular flexibility index (Phi) is 4.60. The average Bonchev–Trinajstić information content (AvgIpc) is 1.95. The van der Waals surface area contributed by atoms with E-state index in [2.05, 4.69) is 20.8 Å². The van der Waals surface area contributed by atoms with Crippen LogP contribution < -0.4 is 0 Å². The van der Waals surface area contributed by atoms with E-state index in [9.17, 15) is 5.11 Å². The normalized spacial score (nSPS) is 18.0. The predicted octanol–water partition coefficient (Wildman–Crippen LogP) is 2.84. The molecule has 0 aliphatic heterocycles. The highest BCUT2D eigenvalue weighted by molar-refractivity contribution is 4.82. The molecule has 0 aromatic carbocycles. The Bertz CT molecular complexity index is 162. The van der Waals surface area contributed by atoms with E-state index < -0.39 is 0 Å². The molecule has 2 nitrogen and oxygen atoms in total. The molecule has 1 N–H and O–H groups in total. The van der Waals surface area contributed by atoms with Crippen molar-refractivity contribution in [3.8, 4) is 0 Å². The van der Waals surface area contributed by atoms with E-state index in [1.165, 1.54) is 0 Å². The third-order valence-electron chi connectivity index (χ3n) is 2.69. The van der Waals surface area contributed by atoms with E-state index in [0.717, 1.165) is 0 Å². The first kappa shape index (κ1) is 13.9. The number of methoxy groups -OCH3 is 1. The highest BCUT2D eigenvalue weighted by Gasteiger charge is 2.31. The van der Waals surface area contributed by atoms with Crippen LogP contribution in [0.5, 0.6) is 0 Å². The molecule has 0 fully saturated rings. The summed E-state index contributed by atoms with van der Waals surface area (Å²) < 4.78 is 5.42. The molecule has 0 aliphatic rings. The minimum absolute atomic E-state index is 0.0674. The van der Waals surface area contributed by atoms with Gasteiger partial charge in [0.1, 0.15) is 0 Å². The van der Waals surface area contributed by atoms with Crippen LogP contribution in [0.1, 0.15) is 48.0 Å². The van der Waals surface area contributed by atoms with Crippen LogP contribution in [0.3, 0.4) is 0 Å². The van der Waals surface area contributed by atoms with Crippen LogP contribution in [0.25, 0.3) is 0 Å². The first-order chi connectivity index (χ1) is 6.09. The fourth-order valence-corrected chi connectivity index (χ4v) is 1.36. The van der Waals surface area contributed by atoms with Crippen molar-refractivity contribution in [2.75, 3.05) is 7.11 Å². The van der Waals surface area contributed by atoms with Gasteiger partial charge in [-0.15, -0.1) is 0 Å². The predicted molar refractivity (Wildman–Crippen MR) is 60.3 cm³/mol.